The van der Waals surface area contributed by atoms with Gasteiger partial charge in [-0.05, 0) is 37.9 Å². The number of ether oxygens (including phenoxy) is 3. The second-order valence-electron chi connectivity index (χ2n) is 7.82. The molecule has 0 unspecified atom stereocenters. The fourth-order valence-corrected chi connectivity index (χ4v) is 5.68. The minimum absolute atomic E-state index is 0.0564. The van der Waals surface area contributed by atoms with E-state index >= 15 is 0 Å². The van der Waals surface area contributed by atoms with Gasteiger partial charge in [0.1, 0.15) is 16.4 Å². The molecule has 0 aromatic heterocycles. The van der Waals surface area contributed by atoms with Crippen molar-refractivity contribution < 1.29 is 27.4 Å². The summed E-state index contributed by atoms with van der Waals surface area (Å²) in [5, 5.41) is 2.98. The molecular formula is C21H33N3O6S. The Morgan fingerprint density at radius 3 is 2.68 bits per heavy atom. The average molecular weight is 456 g/mol. The van der Waals surface area contributed by atoms with Gasteiger partial charge in [-0.3, -0.25) is 9.69 Å². The molecule has 1 aromatic carbocycles. The third-order valence-corrected chi connectivity index (χ3v) is 7.68. The molecule has 174 valence electrons. The number of hydrogen-bond acceptors (Lipinski definition) is 7. The lowest BCUT2D eigenvalue weighted by Crippen LogP contribution is -2.46. The van der Waals surface area contributed by atoms with Crippen LogP contribution in [0.2, 0.25) is 0 Å². The summed E-state index contributed by atoms with van der Waals surface area (Å²) in [6, 6.07) is 4.69. The lowest BCUT2D eigenvalue weighted by molar-refractivity contribution is -0.126. The Labute approximate surface area is 184 Å². The van der Waals surface area contributed by atoms with Crippen molar-refractivity contribution in [3.05, 3.63) is 18.2 Å². The fourth-order valence-electron chi connectivity index (χ4n) is 3.98. The van der Waals surface area contributed by atoms with Gasteiger partial charge in [-0.15, -0.1) is 0 Å². The van der Waals surface area contributed by atoms with Crippen molar-refractivity contribution in [1.29, 1.82) is 0 Å². The first-order valence-electron chi connectivity index (χ1n) is 10.8. The molecule has 0 bridgehead atoms. The lowest BCUT2D eigenvalue weighted by Gasteiger charge is -2.31. The lowest BCUT2D eigenvalue weighted by atomic mass is 9.99. The van der Waals surface area contributed by atoms with Gasteiger partial charge in [0.05, 0.1) is 33.4 Å². The van der Waals surface area contributed by atoms with Crippen LogP contribution in [0.25, 0.3) is 0 Å². The summed E-state index contributed by atoms with van der Waals surface area (Å²) in [5.74, 6) is 0.254. The van der Waals surface area contributed by atoms with E-state index in [4.69, 9.17) is 14.2 Å². The number of rotatable bonds is 9. The van der Waals surface area contributed by atoms with Crippen LogP contribution in [-0.4, -0.2) is 90.2 Å². The van der Waals surface area contributed by atoms with Gasteiger partial charge >= 0.3 is 0 Å². The maximum Gasteiger partial charge on any atom is 0.246 e. The minimum Gasteiger partial charge on any atom is -0.497 e. The fraction of sp³-hybridized carbons (Fsp3) is 0.667. The number of sulfonamides is 1. The standard InChI is InChI=1S/C21H33N3O6S/c1-28-18-6-7-19(29-2)20(15-18)31(26,27)24-10-3-5-17(16-24)21(25)22-8-4-9-23-11-13-30-14-12-23/h6-7,15,17H,3-5,8-14,16H2,1-2H3,(H,22,25)/t17-/m0/s1. The van der Waals surface area contributed by atoms with Crippen LogP contribution in [0.15, 0.2) is 23.1 Å². The average Bonchev–Trinajstić information content (AvgIpc) is 2.82. The van der Waals surface area contributed by atoms with Gasteiger partial charge in [0.15, 0.2) is 0 Å². The van der Waals surface area contributed by atoms with Gasteiger partial charge in [0.25, 0.3) is 0 Å². The van der Waals surface area contributed by atoms with Crippen molar-refractivity contribution in [2.24, 2.45) is 5.92 Å². The molecule has 31 heavy (non-hydrogen) atoms. The normalized spacial score (nSPS) is 20.9. The van der Waals surface area contributed by atoms with Crippen molar-refractivity contribution in [1.82, 2.24) is 14.5 Å². The second kappa shape index (κ2) is 11.1. The largest absolute Gasteiger partial charge is 0.497 e. The van der Waals surface area contributed by atoms with Gasteiger partial charge in [-0.25, -0.2) is 8.42 Å². The second-order valence-corrected chi connectivity index (χ2v) is 9.72. The van der Waals surface area contributed by atoms with Crippen LogP contribution in [0.5, 0.6) is 11.5 Å². The number of hydrogen-bond donors (Lipinski definition) is 1. The van der Waals surface area contributed by atoms with Crippen molar-refractivity contribution in [3.63, 3.8) is 0 Å². The Morgan fingerprint density at radius 2 is 1.97 bits per heavy atom. The van der Waals surface area contributed by atoms with E-state index in [1.807, 2.05) is 0 Å². The molecule has 1 amide bonds. The van der Waals surface area contributed by atoms with Crippen LogP contribution in [-0.2, 0) is 19.6 Å². The number of morpholine rings is 1. The van der Waals surface area contributed by atoms with E-state index in [1.54, 1.807) is 12.1 Å². The summed E-state index contributed by atoms with van der Waals surface area (Å²) in [7, 11) is -0.894. The summed E-state index contributed by atoms with van der Waals surface area (Å²) in [5.41, 5.74) is 0. The van der Waals surface area contributed by atoms with Crippen LogP contribution in [0.1, 0.15) is 19.3 Å². The molecule has 9 nitrogen and oxygen atoms in total. The SMILES string of the molecule is COc1ccc(OC)c(S(=O)(=O)N2CCC[C@H](C(=O)NCCCN3CCOCC3)C2)c1. The maximum atomic E-state index is 13.3. The van der Waals surface area contributed by atoms with E-state index in [0.717, 1.165) is 39.3 Å². The van der Waals surface area contributed by atoms with E-state index in [9.17, 15) is 13.2 Å². The monoisotopic (exact) mass is 455 g/mol. The molecule has 10 heteroatoms. The first kappa shape index (κ1) is 23.8. The number of piperidine rings is 1. The summed E-state index contributed by atoms with van der Waals surface area (Å²) in [6.07, 6.45) is 2.18. The van der Waals surface area contributed by atoms with Crippen LogP contribution in [0.4, 0.5) is 0 Å². The van der Waals surface area contributed by atoms with E-state index in [2.05, 4.69) is 10.2 Å². The first-order valence-corrected chi connectivity index (χ1v) is 12.2. The van der Waals surface area contributed by atoms with Gasteiger partial charge in [-0.2, -0.15) is 4.31 Å². The van der Waals surface area contributed by atoms with E-state index in [-0.39, 0.29) is 29.0 Å². The molecule has 0 radical (unpaired) electrons. The Morgan fingerprint density at radius 1 is 1.19 bits per heavy atom. The first-order chi connectivity index (χ1) is 15.0. The Kier molecular flexibility index (Phi) is 8.53. The highest BCUT2D eigenvalue weighted by atomic mass is 32.2. The summed E-state index contributed by atoms with van der Waals surface area (Å²) in [4.78, 5) is 15.1. The topological polar surface area (TPSA) is 97.4 Å². The van der Waals surface area contributed by atoms with Crippen LogP contribution >= 0.6 is 0 Å². The zero-order valence-electron chi connectivity index (χ0n) is 18.3. The molecule has 1 N–H and O–H groups in total. The molecule has 2 heterocycles. The highest BCUT2D eigenvalue weighted by Gasteiger charge is 2.35. The Balaban J connectivity index is 1.57. The summed E-state index contributed by atoms with van der Waals surface area (Å²) >= 11 is 0. The minimum atomic E-state index is -3.81. The molecule has 0 aliphatic carbocycles. The number of nitrogens with zero attached hydrogens (tertiary/aromatic N) is 2. The molecular weight excluding hydrogens is 422 g/mol. The highest BCUT2D eigenvalue weighted by molar-refractivity contribution is 7.89. The molecule has 3 rings (SSSR count). The summed E-state index contributed by atoms with van der Waals surface area (Å²) in [6.45, 7) is 5.43. The van der Waals surface area contributed by atoms with Gasteiger partial charge in [0.2, 0.25) is 15.9 Å². The Bertz CT molecular complexity index is 842. The maximum absolute atomic E-state index is 13.3. The van der Waals surface area contributed by atoms with Gasteiger partial charge < -0.3 is 19.5 Å². The predicted octanol–water partition coefficient (Wildman–Crippen LogP) is 0.943. The zero-order valence-corrected chi connectivity index (χ0v) is 19.2. The summed E-state index contributed by atoms with van der Waals surface area (Å²) < 4.78 is 43.7. The smallest absolute Gasteiger partial charge is 0.246 e. The molecule has 1 atom stereocenters. The highest BCUT2D eigenvalue weighted by Crippen LogP contribution is 2.32. The van der Waals surface area contributed by atoms with Gasteiger partial charge in [0, 0.05) is 38.8 Å². The molecule has 2 saturated heterocycles. The zero-order chi connectivity index (χ0) is 22.3. The van der Waals surface area contributed by atoms with Crippen molar-refractivity contribution in [3.8, 4) is 11.5 Å². The molecule has 2 fully saturated rings. The van der Waals surface area contributed by atoms with Gasteiger partial charge in [-0.1, -0.05) is 0 Å². The number of benzene rings is 1. The number of carbonyl (C=O) groups is 1. The number of amides is 1. The van der Waals surface area contributed by atoms with E-state index in [0.29, 0.717) is 31.7 Å². The molecule has 2 aliphatic rings. The Hall–Kier alpha value is -1.88. The third-order valence-electron chi connectivity index (χ3n) is 5.80. The van der Waals surface area contributed by atoms with Crippen LogP contribution < -0.4 is 14.8 Å². The number of carbonyl (C=O) groups excluding carboxylic acids is 1. The quantitative estimate of drug-likeness (QED) is 0.554. The van der Waals surface area contributed by atoms with Crippen LogP contribution in [0, 0.1) is 5.92 Å². The number of methoxy groups -OCH3 is 2. The van der Waals surface area contributed by atoms with Crippen molar-refractivity contribution >= 4 is 15.9 Å². The van der Waals surface area contributed by atoms with E-state index < -0.39 is 10.0 Å². The third kappa shape index (κ3) is 6.09. The van der Waals surface area contributed by atoms with Crippen molar-refractivity contribution in [2.75, 3.05) is 66.7 Å². The van der Waals surface area contributed by atoms with Crippen LogP contribution in [0.3, 0.4) is 0 Å². The molecule has 0 saturated carbocycles. The van der Waals surface area contributed by atoms with Crippen molar-refractivity contribution in [2.45, 2.75) is 24.2 Å². The predicted molar refractivity (Wildman–Crippen MR) is 116 cm³/mol. The number of nitrogens with one attached hydrogen (secondary N) is 1. The molecule has 1 aromatic rings. The molecule has 0 spiro atoms. The molecule has 2 aliphatic heterocycles. The van der Waals surface area contributed by atoms with E-state index in [1.165, 1.54) is 24.6 Å².